The molecule has 0 heterocycles. The van der Waals surface area contributed by atoms with Gasteiger partial charge < -0.3 is 15.3 Å². The van der Waals surface area contributed by atoms with Crippen molar-refractivity contribution in [2.45, 2.75) is 25.3 Å². The molecule has 0 unspecified atom stereocenters. The van der Waals surface area contributed by atoms with Crippen molar-refractivity contribution in [3.63, 3.8) is 0 Å². The number of carbonyl (C=O) groups excluding carboxylic acids is 1. The molecule has 0 atom stereocenters. The third-order valence-corrected chi connectivity index (χ3v) is 3.29. The molecule has 1 aliphatic carbocycles. The summed E-state index contributed by atoms with van der Waals surface area (Å²) in [5.41, 5.74) is 0. The molecule has 9 heteroatoms. The first-order valence-electron chi connectivity index (χ1n) is 5.56. The van der Waals surface area contributed by atoms with Crippen LogP contribution in [0, 0.1) is 0 Å². The number of amides is 2. The lowest BCUT2D eigenvalue weighted by Gasteiger charge is -2.20. The number of primary sulfonamides is 1. The van der Waals surface area contributed by atoms with Crippen molar-refractivity contribution in [3.05, 3.63) is 0 Å². The van der Waals surface area contributed by atoms with Gasteiger partial charge >= 0.3 is 12.0 Å². The first-order chi connectivity index (χ1) is 8.29. The maximum Gasteiger partial charge on any atom is 0.323 e. The second-order valence-electron chi connectivity index (χ2n) is 4.21. The van der Waals surface area contributed by atoms with Gasteiger partial charge in [-0.25, -0.2) is 18.4 Å². The highest BCUT2D eigenvalue weighted by molar-refractivity contribution is 7.89. The van der Waals surface area contributed by atoms with Crippen molar-refractivity contribution < 1.29 is 23.1 Å². The van der Waals surface area contributed by atoms with E-state index in [-0.39, 0.29) is 31.3 Å². The van der Waals surface area contributed by atoms with Gasteiger partial charge in [-0.1, -0.05) is 0 Å². The minimum atomic E-state index is -3.52. The van der Waals surface area contributed by atoms with E-state index in [1.807, 2.05) is 0 Å². The molecule has 0 saturated heterocycles. The summed E-state index contributed by atoms with van der Waals surface area (Å²) < 4.78 is 21.3. The van der Waals surface area contributed by atoms with Gasteiger partial charge in [0, 0.05) is 12.6 Å². The number of hydrogen-bond acceptors (Lipinski definition) is 4. The van der Waals surface area contributed by atoms with Crippen molar-refractivity contribution >= 4 is 22.0 Å². The van der Waals surface area contributed by atoms with Gasteiger partial charge in [0.25, 0.3) is 0 Å². The van der Waals surface area contributed by atoms with Crippen LogP contribution in [0.25, 0.3) is 0 Å². The number of urea groups is 1. The van der Waals surface area contributed by atoms with E-state index in [4.69, 9.17) is 10.2 Å². The molecular formula is C9H17N3O5S. The van der Waals surface area contributed by atoms with Crippen LogP contribution in [-0.2, 0) is 14.8 Å². The number of nitrogens with one attached hydrogen (secondary N) is 1. The number of nitrogens with two attached hydrogens (primary N) is 1. The fraction of sp³-hybridized carbons (Fsp3) is 0.778. The quantitative estimate of drug-likeness (QED) is 0.510. The van der Waals surface area contributed by atoms with Gasteiger partial charge in [-0.05, 0) is 19.3 Å². The van der Waals surface area contributed by atoms with E-state index in [1.54, 1.807) is 0 Å². The Morgan fingerprint density at radius 1 is 1.39 bits per heavy atom. The number of nitrogens with zero attached hydrogens (tertiary/aromatic N) is 1. The Hall–Kier alpha value is -1.35. The van der Waals surface area contributed by atoms with Crippen LogP contribution < -0.4 is 10.5 Å². The van der Waals surface area contributed by atoms with Crippen molar-refractivity contribution in [3.8, 4) is 0 Å². The average Bonchev–Trinajstić information content (AvgIpc) is 3.02. The van der Waals surface area contributed by atoms with Crippen LogP contribution in [0.1, 0.15) is 19.3 Å². The highest BCUT2D eigenvalue weighted by Gasteiger charge is 2.33. The zero-order chi connectivity index (χ0) is 13.8. The Labute approximate surface area is 105 Å². The highest BCUT2D eigenvalue weighted by atomic mass is 32.2. The van der Waals surface area contributed by atoms with Gasteiger partial charge in [0.15, 0.2) is 0 Å². The molecule has 1 aliphatic rings. The molecule has 104 valence electrons. The Kier molecular flexibility index (Phi) is 4.91. The predicted octanol–water partition coefficient (Wildman–Crippen LogP) is -1.08. The summed E-state index contributed by atoms with van der Waals surface area (Å²) in [5.74, 6) is -1.28. The van der Waals surface area contributed by atoms with Crippen molar-refractivity contribution in [2.24, 2.45) is 5.14 Å². The van der Waals surface area contributed by atoms with Crippen LogP contribution in [0.4, 0.5) is 4.79 Å². The fourth-order valence-electron chi connectivity index (χ4n) is 1.47. The number of rotatable bonds is 7. The molecule has 0 radical (unpaired) electrons. The summed E-state index contributed by atoms with van der Waals surface area (Å²) in [6, 6.07) is -0.492. The highest BCUT2D eigenvalue weighted by Crippen LogP contribution is 2.26. The van der Waals surface area contributed by atoms with Crippen LogP contribution in [0.3, 0.4) is 0 Å². The van der Waals surface area contributed by atoms with E-state index >= 15 is 0 Å². The lowest BCUT2D eigenvalue weighted by Crippen LogP contribution is -2.44. The summed E-state index contributed by atoms with van der Waals surface area (Å²) in [4.78, 5) is 23.5. The van der Waals surface area contributed by atoms with E-state index in [0.717, 1.165) is 12.8 Å². The van der Waals surface area contributed by atoms with Crippen LogP contribution in [0.15, 0.2) is 0 Å². The molecule has 4 N–H and O–H groups in total. The lowest BCUT2D eigenvalue weighted by molar-refractivity contribution is -0.137. The molecule has 0 aromatic carbocycles. The monoisotopic (exact) mass is 279 g/mol. The molecule has 2 amide bonds. The summed E-state index contributed by atoms with van der Waals surface area (Å²) in [5, 5.41) is 16.0. The van der Waals surface area contributed by atoms with Crippen LogP contribution >= 0.6 is 0 Å². The molecule has 0 spiro atoms. The topological polar surface area (TPSA) is 130 Å². The predicted molar refractivity (Wildman–Crippen MR) is 63.4 cm³/mol. The number of carbonyl (C=O) groups is 2. The van der Waals surface area contributed by atoms with E-state index in [0.29, 0.717) is 0 Å². The van der Waals surface area contributed by atoms with Gasteiger partial charge in [0.05, 0.1) is 5.75 Å². The summed E-state index contributed by atoms with van der Waals surface area (Å²) in [6.45, 7) is -0.191. The molecule has 8 nitrogen and oxygen atoms in total. The van der Waals surface area contributed by atoms with Crippen LogP contribution in [0.2, 0.25) is 0 Å². The Bertz CT molecular complexity index is 418. The summed E-state index contributed by atoms with van der Waals surface area (Å²) >= 11 is 0. The van der Waals surface area contributed by atoms with Gasteiger partial charge in [0.2, 0.25) is 10.0 Å². The van der Waals surface area contributed by atoms with Gasteiger partial charge in [0.1, 0.15) is 6.54 Å². The van der Waals surface area contributed by atoms with Crippen molar-refractivity contribution in [1.29, 1.82) is 0 Å². The van der Waals surface area contributed by atoms with Crippen LogP contribution in [-0.4, -0.2) is 55.3 Å². The molecule has 18 heavy (non-hydrogen) atoms. The van der Waals surface area contributed by atoms with E-state index in [1.165, 1.54) is 4.90 Å². The van der Waals surface area contributed by atoms with Gasteiger partial charge in [-0.15, -0.1) is 0 Å². The third kappa shape index (κ3) is 5.82. The molecular weight excluding hydrogens is 262 g/mol. The number of carboxylic acid groups (broad SMARTS) is 1. The molecule has 1 rings (SSSR count). The third-order valence-electron chi connectivity index (χ3n) is 2.44. The minimum Gasteiger partial charge on any atom is -0.480 e. The lowest BCUT2D eigenvalue weighted by atomic mass is 10.4. The number of carboxylic acids is 1. The first-order valence-corrected chi connectivity index (χ1v) is 7.28. The number of hydrogen-bond donors (Lipinski definition) is 3. The minimum absolute atomic E-state index is 0.0145. The smallest absolute Gasteiger partial charge is 0.323 e. The van der Waals surface area contributed by atoms with Crippen LogP contribution in [0.5, 0.6) is 0 Å². The zero-order valence-electron chi connectivity index (χ0n) is 9.83. The SMILES string of the molecule is NS(=O)(=O)CCCNC(=O)N(CC(=O)O)C1CC1. The molecule has 1 saturated carbocycles. The largest absolute Gasteiger partial charge is 0.480 e. The van der Waals surface area contributed by atoms with E-state index < -0.39 is 22.0 Å². The Morgan fingerprint density at radius 2 is 2.00 bits per heavy atom. The van der Waals surface area contributed by atoms with E-state index in [2.05, 4.69) is 5.32 Å². The average molecular weight is 279 g/mol. The molecule has 0 aromatic rings. The fourth-order valence-corrected chi connectivity index (χ4v) is 2.02. The molecule has 0 aromatic heterocycles. The molecule has 0 bridgehead atoms. The normalized spacial score (nSPS) is 15.2. The maximum absolute atomic E-state index is 11.7. The second kappa shape index (κ2) is 6.01. The Morgan fingerprint density at radius 3 is 2.44 bits per heavy atom. The standard InChI is InChI=1S/C9H17N3O5S/c10-18(16,17)5-1-4-11-9(15)12(6-8(13)14)7-2-3-7/h7H,1-6H2,(H,11,15)(H,13,14)(H2,10,16,17). The first kappa shape index (κ1) is 14.7. The van der Waals surface area contributed by atoms with Crippen molar-refractivity contribution in [2.75, 3.05) is 18.8 Å². The summed E-state index contributed by atoms with van der Waals surface area (Å²) in [6.07, 6.45) is 1.81. The number of aliphatic carboxylic acids is 1. The molecule has 1 fully saturated rings. The van der Waals surface area contributed by atoms with Gasteiger partial charge in [-0.2, -0.15) is 0 Å². The van der Waals surface area contributed by atoms with Crippen molar-refractivity contribution in [1.82, 2.24) is 10.2 Å². The van der Waals surface area contributed by atoms with Gasteiger partial charge in [-0.3, -0.25) is 4.79 Å². The summed E-state index contributed by atoms with van der Waals surface area (Å²) in [7, 11) is -3.52. The van der Waals surface area contributed by atoms with E-state index in [9.17, 15) is 18.0 Å². The Balaban J connectivity index is 2.31. The molecule has 0 aliphatic heterocycles. The maximum atomic E-state index is 11.7. The second-order valence-corrected chi connectivity index (χ2v) is 5.94. The number of sulfonamides is 1. The zero-order valence-corrected chi connectivity index (χ0v) is 10.6.